The predicted octanol–water partition coefficient (Wildman–Crippen LogP) is 4.57. The number of carbonyl (C=O) groups excluding carboxylic acids is 2. The van der Waals surface area contributed by atoms with Gasteiger partial charge in [-0.15, -0.1) is 0 Å². The molecule has 0 aliphatic rings. The van der Waals surface area contributed by atoms with Crippen LogP contribution in [0.4, 0.5) is 20.6 Å². The Balaban J connectivity index is 1.50. The molecule has 172 valence electrons. The summed E-state index contributed by atoms with van der Waals surface area (Å²) >= 11 is 0. The number of hydrogen-bond donors (Lipinski definition) is 3. The number of benzene rings is 3. The van der Waals surface area contributed by atoms with Crippen molar-refractivity contribution in [1.29, 1.82) is 0 Å². The Kier molecular flexibility index (Phi) is 6.49. The number of rotatable bonds is 6. The second-order valence-electron chi connectivity index (χ2n) is 7.04. The van der Waals surface area contributed by atoms with Gasteiger partial charge in [-0.1, -0.05) is 0 Å². The molecule has 0 fully saturated rings. The molecule has 4 aromatic rings. The smallest absolute Gasteiger partial charge is 0.323 e. The van der Waals surface area contributed by atoms with Gasteiger partial charge in [0, 0.05) is 24.5 Å². The summed E-state index contributed by atoms with van der Waals surface area (Å²) in [7, 11) is 3.00. The zero-order valence-electron chi connectivity index (χ0n) is 18.3. The first-order valence-corrected chi connectivity index (χ1v) is 10.1. The third-order valence-electron chi connectivity index (χ3n) is 4.82. The number of urea groups is 1. The zero-order valence-corrected chi connectivity index (χ0v) is 18.3. The fourth-order valence-electron chi connectivity index (χ4n) is 3.17. The van der Waals surface area contributed by atoms with Crippen LogP contribution in [0.3, 0.4) is 0 Å². The minimum Gasteiger partial charge on any atom is -0.496 e. The van der Waals surface area contributed by atoms with Gasteiger partial charge in [-0.3, -0.25) is 4.79 Å². The molecule has 1 heterocycles. The molecule has 0 bridgehead atoms. The quantitative estimate of drug-likeness (QED) is 0.387. The fourth-order valence-corrected chi connectivity index (χ4v) is 3.17. The Labute approximate surface area is 193 Å². The lowest BCUT2D eigenvalue weighted by molar-refractivity contribution is 0.0960. The van der Waals surface area contributed by atoms with E-state index in [1.807, 2.05) is 0 Å². The molecular formula is C24H20FN5O4. The average molecular weight is 461 g/mol. The summed E-state index contributed by atoms with van der Waals surface area (Å²) in [5.41, 5.74) is 1.85. The number of halogens is 1. The van der Waals surface area contributed by atoms with Gasteiger partial charge in [0.2, 0.25) is 5.88 Å². The van der Waals surface area contributed by atoms with Crippen molar-refractivity contribution in [3.63, 3.8) is 0 Å². The van der Waals surface area contributed by atoms with Crippen LogP contribution in [0.5, 0.6) is 17.4 Å². The van der Waals surface area contributed by atoms with Crippen LogP contribution in [0.2, 0.25) is 0 Å². The second-order valence-corrected chi connectivity index (χ2v) is 7.04. The van der Waals surface area contributed by atoms with Gasteiger partial charge >= 0.3 is 6.03 Å². The van der Waals surface area contributed by atoms with Gasteiger partial charge in [0.1, 0.15) is 23.6 Å². The molecule has 0 aliphatic heterocycles. The lowest BCUT2D eigenvalue weighted by Crippen LogP contribution is -2.19. The molecule has 34 heavy (non-hydrogen) atoms. The summed E-state index contributed by atoms with van der Waals surface area (Å²) < 4.78 is 24.2. The van der Waals surface area contributed by atoms with Crippen molar-refractivity contribution >= 4 is 34.2 Å². The molecule has 0 radical (unpaired) electrons. The summed E-state index contributed by atoms with van der Waals surface area (Å²) in [6.45, 7) is 0. The Hall–Kier alpha value is -4.73. The molecule has 10 heteroatoms. The molecule has 0 saturated heterocycles. The minimum atomic E-state index is -0.474. The molecule has 0 unspecified atom stereocenters. The number of hydrogen-bond acceptors (Lipinski definition) is 6. The topological polar surface area (TPSA) is 114 Å². The van der Waals surface area contributed by atoms with Crippen LogP contribution in [0.15, 0.2) is 67.0 Å². The van der Waals surface area contributed by atoms with Crippen molar-refractivity contribution in [3.8, 4) is 17.4 Å². The number of ether oxygens (including phenoxy) is 2. The number of fused-ring (bicyclic) bond motifs is 1. The van der Waals surface area contributed by atoms with Crippen LogP contribution in [0.1, 0.15) is 10.4 Å². The zero-order chi connectivity index (χ0) is 24.1. The van der Waals surface area contributed by atoms with E-state index in [1.165, 1.54) is 44.8 Å². The number of nitrogens with zero attached hydrogens (tertiary/aromatic N) is 2. The molecule has 9 nitrogen and oxygen atoms in total. The lowest BCUT2D eigenvalue weighted by atomic mass is 10.1. The highest BCUT2D eigenvalue weighted by Gasteiger charge is 2.16. The van der Waals surface area contributed by atoms with Gasteiger partial charge in [0.15, 0.2) is 0 Å². The number of methoxy groups -OCH3 is 1. The largest absolute Gasteiger partial charge is 0.496 e. The predicted molar refractivity (Wildman–Crippen MR) is 125 cm³/mol. The van der Waals surface area contributed by atoms with Crippen molar-refractivity contribution in [2.45, 2.75) is 0 Å². The Bertz CT molecular complexity index is 1340. The van der Waals surface area contributed by atoms with Crippen molar-refractivity contribution < 1.29 is 23.5 Å². The second kappa shape index (κ2) is 9.82. The van der Waals surface area contributed by atoms with E-state index in [-0.39, 0.29) is 17.6 Å². The molecule has 3 N–H and O–H groups in total. The van der Waals surface area contributed by atoms with E-state index in [1.54, 1.807) is 36.4 Å². The van der Waals surface area contributed by atoms with E-state index in [2.05, 4.69) is 25.9 Å². The number of aromatic nitrogens is 2. The van der Waals surface area contributed by atoms with Crippen LogP contribution < -0.4 is 25.4 Å². The van der Waals surface area contributed by atoms with E-state index >= 15 is 0 Å². The first kappa shape index (κ1) is 22.5. The molecule has 0 saturated carbocycles. The third kappa shape index (κ3) is 5.01. The lowest BCUT2D eigenvalue weighted by Gasteiger charge is -2.12. The monoisotopic (exact) mass is 461 g/mol. The first-order valence-electron chi connectivity index (χ1n) is 10.1. The maximum atomic E-state index is 13.0. The van der Waals surface area contributed by atoms with E-state index in [4.69, 9.17) is 9.47 Å². The Morgan fingerprint density at radius 1 is 0.912 bits per heavy atom. The summed E-state index contributed by atoms with van der Waals surface area (Å²) in [6, 6.07) is 14.8. The van der Waals surface area contributed by atoms with Gasteiger partial charge in [-0.25, -0.2) is 19.2 Å². The van der Waals surface area contributed by atoms with Crippen LogP contribution in [0.25, 0.3) is 10.9 Å². The minimum absolute atomic E-state index is 0.257. The normalized spacial score (nSPS) is 10.4. The number of anilines is 2. The molecule has 3 aromatic carbocycles. The van der Waals surface area contributed by atoms with Gasteiger partial charge in [0.05, 0.1) is 23.6 Å². The number of nitrogens with one attached hydrogen (secondary N) is 3. The highest BCUT2D eigenvalue weighted by Crippen LogP contribution is 2.32. The maximum absolute atomic E-state index is 13.0. The van der Waals surface area contributed by atoms with Gasteiger partial charge in [-0.2, -0.15) is 0 Å². The molecule has 0 aliphatic carbocycles. The Morgan fingerprint density at radius 3 is 2.18 bits per heavy atom. The highest BCUT2D eigenvalue weighted by atomic mass is 19.1. The van der Waals surface area contributed by atoms with Crippen LogP contribution in [-0.4, -0.2) is 36.1 Å². The van der Waals surface area contributed by atoms with Crippen molar-refractivity contribution in [2.75, 3.05) is 24.8 Å². The van der Waals surface area contributed by atoms with Crippen LogP contribution >= 0.6 is 0 Å². The van der Waals surface area contributed by atoms with Gasteiger partial charge in [0.25, 0.3) is 5.91 Å². The molecule has 1 aromatic heterocycles. The first-order chi connectivity index (χ1) is 16.5. The molecule has 0 atom stereocenters. The molecule has 0 spiro atoms. The van der Waals surface area contributed by atoms with E-state index in [0.29, 0.717) is 39.3 Å². The summed E-state index contributed by atoms with van der Waals surface area (Å²) in [6.07, 6.45) is 1.35. The van der Waals surface area contributed by atoms with E-state index < -0.39 is 6.03 Å². The van der Waals surface area contributed by atoms with Crippen LogP contribution in [0, 0.1) is 5.82 Å². The van der Waals surface area contributed by atoms with E-state index in [0.717, 1.165) is 0 Å². The third-order valence-corrected chi connectivity index (χ3v) is 4.82. The molecule has 3 amide bonds. The summed E-state index contributed by atoms with van der Waals surface area (Å²) in [5, 5.41) is 8.40. The maximum Gasteiger partial charge on any atom is 0.323 e. The SMILES string of the molecule is CNC(=O)c1cc2c(Oc3ccc(NC(=O)Nc4ccc(F)cc4)cc3)ncnc2cc1OC. The fraction of sp³-hybridized carbons (Fsp3) is 0.0833. The average Bonchev–Trinajstić information content (AvgIpc) is 2.85. The summed E-state index contributed by atoms with van der Waals surface area (Å²) in [4.78, 5) is 32.8. The Morgan fingerprint density at radius 2 is 1.56 bits per heavy atom. The number of carbonyl (C=O) groups is 2. The van der Waals surface area contributed by atoms with Crippen LogP contribution in [-0.2, 0) is 0 Å². The summed E-state index contributed by atoms with van der Waals surface area (Å²) in [5.74, 6) is 0.394. The van der Waals surface area contributed by atoms with Gasteiger partial charge in [-0.05, 0) is 54.6 Å². The molecular weight excluding hydrogens is 441 g/mol. The number of amides is 3. The van der Waals surface area contributed by atoms with Crippen molar-refractivity contribution in [2.24, 2.45) is 0 Å². The molecule has 4 rings (SSSR count). The standard InChI is InChI=1S/C24H20FN5O4/c1-26-22(31)19-11-18-20(12-21(19)33-2)27-13-28-23(18)34-17-9-7-16(8-10-17)30-24(32)29-15-5-3-14(25)4-6-15/h3-13H,1-2H3,(H,26,31)(H2,29,30,32). The van der Waals surface area contributed by atoms with Crippen molar-refractivity contribution in [1.82, 2.24) is 15.3 Å². The van der Waals surface area contributed by atoms with E-state index in [9.17, 15) is 14.0 Å². The van der Waals surface area contributed by atoms with Crippen molar-refractivity contribution in [3.05, 3.63) is 78.4 Å². The van der Waals surface area contributed by atoms with Gasteiger partial charge < -0.3 is 25.4 Å². The highest BCUT2D eigenvalue weighted by molar-refractivity contribution is 6.02.